The molecule has 27 heavy (non-hydrogen) atoms. The maximum absolute atomic E-state index is 12.9. The van der Waals surface area contributed by atoms with Crippen molar-refractivity contribution >= 4 is 39.1 Å². The van der Waals surface area contributed by atoms with Crippen LogP contribution in [0.5, 0.6) is 0 Å². The lowest BCUT2D eigenvalue weighted by atomic mass is 9.99. The van der Waals surface area contributed by atoms with Crippen molar-refractivity contribution in [3.63, 3.8) is 0 Å². The Morgan fingerprint density at radius 3 is 2.81 bits per heavy atom. The summed E-state index contributed by atoms with van der Waals surface area (Å²) < 4.78 is 32.6. The van der Waals surface area contributed by atoms with Crippen molar-refractivity contribution in [1.82, 2.24) is 9.62 Å². The van der Waals surface area contributed by atoms with Crippen molar-refractivity contribution in [1.29, 1.82) is 0 Å². The summed E-state index contributed by atoms with van der Waals surface area (Å²) in [7, 11) is -3.80. The predicted octanol–water partition coefficient (Wildman–Crippen LogP) is 3.33. The van der Waals surface area contributed by atoms with Crippen molar-refractivity contribution in [2.45, 2.75) is 44.1 Å². The third-order valence-corrected chi connectivity index (χ3v) is 6.92. The Hall–Kier alpha value is -0.860. The van der Waals surface area contributed by atoms with Crippen LogP contribution in [-0.4, -0.2) is 51.0 Å². The maximum atomic E-state index is 12.9. The number of carbonyl (C=O) groups excluding carboxylic acids is 1. The van der Waals surface area contributed by atoms with E-state index in [1.165, 1.54) is 16.4 Å². The molecule has 1 heterocycles. The second kappa shape index (κ2) is 10.1. The Morgan fingerprint density at radius 2 is 2.11 bits per heavy atom. The van der Waals surface area contributed by atoms with E-state index >= 15 is 0 Å². The lowest BCUT2D eigenvalue weighted by Crippen LogP contribution is -2.45. The van der Waals surface area contributed by atoms with Gasteiger partial charge >= 0.3 is 0 Å². The van der Waals surface area contributed by atoms with Gasteiger partial charge in [0.05, 0.1) is 17.0 Å². The van der Waals surface area contributed by atoms with E-state index in [-0.39, 0.29) is 34.4 Å². The summed E-state index contributed by atoms with van der Waals surface area (Å²) in [6.45, 7) is 5.51. The molecule has 1 aromatic rings. The standard InChI is InChI=1S/C18H26Cl2N2O4S/c1-13(2)26-10-4-8-21-18(23)14-5-3-9-22(12-14)27(24,25)17-11-15(19)6-7-16(17)20/h6-7,11,13-14H,3-5,8-10,12H2,1-2H3,(H,21,23)/t14-/m0/s1. The highest BCUT2D eigenvalue weighted by molar-refractivity contribution is 7.89. The van der Waals surface area contributed by atoms with Crippen LogP contribution in [0.25, 0.3) is 0 Å². The molecule has 1 N–H and O–H groups in total. The van der Waals surface area contributed by atoms with Crippen LogP contribution in [0.15, 0.2) is 23.1 Å². The smallest absolute Gasteiger partial charge is 0.244 e. The van der Waals surface area contributed by atoms with Gasteiger partial charge in [0.2, 0.25) is 15.9 Å². The minimum Gasteiger partial charge on any atom is -0.379 e. The molecule has 1 atom stereocenters. The van der Waals surface area contributed by atoms with Crippen LogP contribution in [0.3, 0.4) is 0 Å². The van der Waals surface area contributed by atoms with Gasteiger partial charge in [-0.3, -0.25) is 4.79 Å². The Morgan fingerprint density at radius 1 is 1.37 bits per heavy atom. The fraction of sp³-hybridized carbons (Fsp3) is 0.611. The second-order valence-corrected chi connectivity index (χ2v) is 9.59. The van der Waals surface area contributed by atoms with Crippen LogP contribution in [0.1, 0.15) is 33.1 Å². The van der Waals surface area contributed by atoms with Crippen LogP contribution in [0.4, 0.5) is 0 Å². The highest BCUT2D eigenvalue weighted by atomic mass is 35.5. The molecule has 1 fully saturated rings. The Balaban J connectivity index is 1.96. The van der Waals surface area contributed by atoms with Gasteiger partial charge in [0, 0.05) is 31.3 Å². The van der Waals surface area contributed by atoms with E-state index in [9.17, 15) is 13.2 Å². The Labute approximate surface area is 171 Å². The molecular formula is C18H26Cl2N2O4S. The fourth-order valence-corrected chi connectivity index (χ4v) is 5.20. The number of nitrogens with one attached hydrogen (secondary N) is 1. The molecule has 152 valence electrons. The van der Waals surface area contributed by atoms with Gasteiger partial charge in [0.1, 0.15) is 4.90 Å². The van der Waals surface area contributed by atoms with Gasteiger partial charge in [-0.15, -0.1) is 0 Å². The molecule has 6 nitrogen and oxygen atoms in total. The third-order valence-electron chi connectivity index (χ3n) is 4.34. The second-order valence-electron chi connectivity index (χ2n) is 6.84. The molecule has 1 aliphatic heterocycles. The third kappa shape index (κ3) is 6.32. The first-order valence-corrected chi connectivity index (χ1v) is 11.3. The molecule has 0 unspecified atom stereocenters. The summed E-state index contributed by atoms with van der Waals surface area (Å²) in [5.74, 6) is -0.505. The molecule has 0 radical (unpaired) electrons. The summed E-state index contributed by atoms with van der Waals surface area (Å²) >= 11 is 12.0. The number of carbonyl (C=O) groups is 1. The van der Waals surface area contributed by atoms with E-state index in [4.69, 9.17) is 27.9 Å². The monoisotopic (exact) mass is 436 g/mol. The zero-order valence-corrected chi connectivity index (χ0v) is 17.9. The molecule has 2 rings (SSSR count). The largest absolute Gasteiger partial charge is 0.379 e. The van der Waals surface area contributed by atoms with Crippen molar-refractivity contribution in [2.75, 3.05) is 26.2 Å². The van der Waals surface area contributed by atoms with Crippen LogP contribution in [0.2, 0.25) is 10.0 Å². The number of benzene rings is 1. The molecule has 0 spiro atoms. The lowest BCUT2D eigenvalue weighted by molar-refractivity contribution is -0.126. The lowest BCUT2D eigenvalue weighted by Gasteiger charge is -2.31. The highest BCUT2D eigenvalue weighted by Crippen LogP contribution is 2.30. The number of nitrogens with zero attached hydrogens (tertiary/aromatic N) is 1. The van der Waals surface area contributed by atoms with Crippen molar-refractivity contribution < 1.29 is 17.9 Å². The van der Waals surface area contributed by atoms with Crippen LogP contribution in [0, 0.1) is 5.92 Å². The molecule has 0 aliphatic carbocycles. The van der Waals surface area contributed by atoms with Crippen LogP contribution < -0.4 is 5.32 Å². The van der Waals surface area contributed by atoms with Gasteiger partial charge in [0.25, 0.3) is 0 Å². The topological polar surface area (TPSA) is 75.7 Å². The van der Waals surface area contributed by atoms with Crippen LogP contribution >= 0.6 is 23.2 Å². The normalized spacial score (nSPS) is 18.6. The first kappa shape index (κ1) is 22.4. The molecule has 0 saturated carbocycles. The van der Waals surface area contributed by atoms with E-state index in [1.807, 2.05) is 13.8 Å². The number of ether oxygens (including phenoxy) is 1. The van der Waals surface area contributed by atoms with E-state index in [0.717, 1.165) is 6.42 Å². The van der Waals surface area contributed by atoms with Gasteiger partial charge in [-0.05, 0) is 51.3 Å². The van der Waals surface area contributed by atoms with E-state index in [1.54, 1.807) is 6.07 Å². The van der Waals surface area contributed by atoms with Gasteiger partial charge < -0.3 is 10.1 Å². The zero-order chi connectivity index (χ0) is 20.0. The van der Waals surface area contributed by atoms with Gasteiger partial charge in [0.15, 0.2) is 0 Å². The Bertz CT molecular complexity index is 756. The molecule has 1 aromatic carbocycles. The summed E-state index contributed by atoms with van der Waals surface area (Å²) in [4.78, 5) is 12.4. The van der Waals surface area contributed by atoms with Gasteiger partial charge in [-0.2, -0.15) is 4.31 Å². The van der Waals surface area contributed by atoms with Crippen molar-refractivity contribution in [3.8, 4) is 0 Å². The number of piperidine rings is 1. The number of hydrogen-bond acceptors (Lipinski definition) is 4. The average Bonchev–Trinajstić information content (AvgIpc) is 2.63. The summed E-state index contributed by atoms with van der Waals surface area (Å²) in [5.41, 5.74) is 0. The van der Waals surface area contributed by atoms with Crippen molar-refractivity contribution in [2.24, 2.45) is 5.92 Å². The maximum Gasteiger partial charge on any atom is 0.244 e. The first-order valence-electron chi connectivity index (χ1n) is 9.06. The van der Waals surface area contributed by atoms with Gasteiger partial charge in [-0.25, -0.2) is 8.42 Å². The molecule has 0 aromatic heterocycles. The Kier molecular flexibility index (Phi) is 8.37. The zero-order valence-electron chi connectivity index (χ0n) is 15.6. The molecule has 9 heteroatoms. The van der Waals surface area contributed by atoms with E-state index in [2.05, 4.69) is 5.32 Å². The van der Waals surface area contributed by atoms with Crippen molar-refractivity contribution in [3.05, 3.63) is 28.2 Å². The minimum absolute atomic E-state index is 0.0245. The van der Waals surface area contributed by atoms with E-state index in [0.29, 0.717) is 37.6 Å². The minimum atomic E-state index is -3.80. The highest BCUT2D eigenvalue weighted by Gasteiger charge is 2.34. The molecule has 0 bridgehead atoms. The molecular weight excluding hydrogens is 411 g/mol. The SMILES string of the molecule is CC(C)OCCCNC(=O)[C@H]1CCCN(S(=O)(=O)c2cc(Cl)ccc2Cl)C1. The quantitative estimate of drug-likeness (QED) is 0.633. The number of halogens is 2. The van der Waals surface area contributed by atoms with E-state index < -0.39 is 10.0 Å². The number of sulfonamides is 1. The average molecular weight is 437 g/mol. The summed E-state index contributed by atoms with van der Waals surface area (Å²) in [5, 5.41) is 3.29. The summed E-state index contributed by atoms with van der Waals surface area (Å²) in [6, 6.07) is 4.35. The molecule has 1 saturated heterocycles. The number of rotatable bonds is 8. The first-order chi connectivity index (χ1) is 12.7. The number of hydrogen-bond donors (Lipinski definition) is 1. The van der Waals surface area contributed by atoms with Gasteiger partial charge in [-0.1, -0.05) is 23.2 Å². The number of amides is 1. The fourth-order valence-electron chi connectivity index (χ4n) is 2.94. The predicted molar refractivity (Wildman–Crippen MR) is 107 cm³/mol. The molecule has 1 amide bonds. The van der Waals surface area contributed by atoms with Crippen LogP contribution in [-0.2, 0) is 19.6 Å². The molecule has 1 aliphatic rings. The summed E-state index contributed by atoms with van der Waals surface area (Å²) in [6.07, 6.45) is 2.16.